The summed E-state index contributed by atoms with van der Waals surface area (Å²) in [5, 5.41) is 8.40. The van der Waals surface area contributed by atoms with Gasteiger partial charge in [0, 0.05) is 62.3 Å². The van der Waals surface area contributed by atoms with Crippen molar-refractivity contribution in [1.82, 2.24) is 14.9 Å². The number of aromatic nitrogens is 2. The van der Waals surface area contributed by atoms with E-state index in [1.807, 2.05) is 6.07 Å². The maximum absolute atomic E-state index is 13.1. The summed E-state index contributed by atoms with van der Waals surface area (Å²) in [6, 6.07) is 12.8. The number of nitrogens with zero attached hydrogens (tertiary/aromatic N) is 4. The van der Waals surface area contributed by atoms with Crippen molar-refractivity contribution in [1.29, 1.82) is 0 Å². The minimum atomic E-state index is -4.98. The zero-order valence-corrected chi connectivity index (χ0v) is 22.3. The molecule has 3 aromatic rings. The van der Waals surface area contributed by atoms with Crippen LogP contribution in [0.5, 0.6) is 11.6 Å². The van der Waals surface area contributed by atoms with Gasteiger partial charge in [-0.05, 0) is 36.4 Å². The van der Waals surface area contributed by atoms with E-state index in [-0.39, 0.29) is 17.7 Å². The number of benzene rings is 2. The van der Waals surface area contributed by atoms with Gasteiger partial charge in [-0.25, -0.2) is 0 Å². The van der Waals surface area contributed by atoms with Crippen LogP contribution in [-0.4, -0.2) is 66.3 Å². The van der Waals surface area contributed by atoms with Gasteiger partial charge < -0.3 is 35.2 Å². The third kappa shape index (κ3) is 8.00. The highest BCUT2D eigenvalue weighted by molar-refractivity contribution is 5.99. The lowest BCUT2D eigenvalue weighted by atomic mass is 10.2. The summed E-state index contributed by atoms with van der Waals surface area (Å²) in [5.74, 6) is -0.927. The lowest BCUT2D eigenvalue weighted by Gasteiger charge is -2.35. The van der Waals surface area contributed by atoms with Crippen LogP contribution in [0.25, 0.3) is 0 Å². The van der Waals surface area contributed by atoms with E-state index in [4.69, 9.17) is 4.74 Å². The average Bonchev–Trinajstić information content (AvgIpc) is 2.92. The van der Waals surface area contributed by atoms with Crippen molar-refractivity contribution in [3.63, 3.8) is 0 Å². The number of alkyl halides is 3. The lowest BCUT2D eigenvalue weighted by molar-refractivity contribution is -0.276. The number of piperazine rings is 1. The number of hydrogen-bond donors (Lipinski definition) is 3. The van der Waals surface area contributed by atoms with Gasteiger partial charge in [-0.2, -0.15) is 9.97 Å². The molecule has 41 heavy (non-hydrogen) atoms. The molecular formula is C27H28F3N7O4. The van der Waals surface area contributed by atoms with Gasteiger partial charge in [-0.1, -0.05) is 12.6 Å². The molecule has 2 amide bonds. The Morgan fingerprint density at radius 2 is 1.73 bits per heavy atom. The third-order valence-electron chi connectivity index (χ3n) is 6.03. The van der Waals surface area contributed by atoms with Gasteiger partial charge >= 0.3 is 6.36 Å². The number of amides is 2. The molecule has 0 bridgehead atoms. The molecule has 0 atom stereocenters. The molecule has 4 rings (SSSR count). The second-order valence-electron chi connectivity index (χ2n) is 8.86. The first-order valence-corrected chi connectivity index (χ1v) is 12.4. The Morgan fingerprint density at radius 1 is 1.00 bits per heavy atom. The summed E-state index contributed by atoms with van der Waals surface area (Å²) in [5.41, 5.74) is 2.13. The Hall–Kier alpha value is -5.01. The van der Waals surface area contributed by atoms with Gasteiger partial charge in [-0.15, -0.1) is 13.2 Å². The Balaban J connectivity index is 1.58. The fourth-order valence-electron chi connectivity index (χ4n) is 4.11. The zero-order valence-electron chi connectivity index (χ0n) is 22.3. The molecule has 14 heteroatoms. The van der Waals surface area contributed by atoms with E-state index >= 15 is 0 Å². The van der Waals surface area contributed by atoms with E-state index in [1.165, 1.54) is 14.0 Å². The van der Waals surface area contributed by atoms with Crippen molar-refractivity contribution in [2.75, 3.05) is 54.1 Å². The first-order valence-electron chi connectivity index (χ1n) is 12.4. The molecule has 1 fully saturated rings. The number of nitrogens with one attached hydrogen (secondary N) is 3. The first-order chi connectivity index (χ1) is 19.5. The summed E-state index contributed by atoms with van der Waals surface area (Å²) >= 11 is 0. The molecule has 216 valence electrons. The quantitative estimate of drug-likeness (QED) is 0.315. The van der Waals surface area contributed by atoms with Crippen LogP contribution in [0.4, 0.5) is 47.7 Å². The van der Waals surface area contributed by atoms with Crippen molar-refractivity contribution < 1.29 is 32.2 Å². The van der Waals surface area contributed by atoms with Crippen molar-refractivity contribution in [3.05, 3.63) is 61.2 Å². The Morgan fingerprint density at radius 3 is 2.39 bits per heavy atom. The fraction of sp³-hybridized carbons (Fsp3) is 0.259. The summed E-state index contributed by atoms with van der Waals surface area (Å²) in [7, 11) is 1.47. The van der Waals surface area contributed by atoms with Gasteiger partial charge in [0.25, 0.3) is 0 Å². The van der Waals surface area contributed by atoms with Gasteiger partial charge in [0.2, 0.25) is 23.6 Å². The summed E-state index contributed by atoms with van der Waals surface area (Å²) in [6.45, 7) is 7.41. The van der Waals surface area contributed by atoms with Crippen molar-refractivity contribution in [2.45, 2.75) is 13.3 Å². The molecule has 2 aromatic carbocycles. The van der Waals surface area contributed by atoms with Crippen LogP contribution in [-0.2, 0) is 9.59 Å². The molecule has 1 aliphatic rings. The molecule has 0 spiro atoms. The maximum atomic E-state index is 13.1. The zero-order chi connectivity index (χ0) is 29.6. The van der Waals surface area contributed by atoms with Crippen LogP contribution < -0.4 is 30.3 Å². The van der Waals surface area contributed by atoms with E-state index < -0.39 is 18.1 Å². The molecule has 0 radical (unpaired) electrons. The molecule has 1 aliphatic heterocycles. The topological polar surface area (TPSA) is 121 Å². The number of carbonyl (C=O) groups excluding carboxylic acids is 2. The van der Waals surface area contributed by atoms with Gasteiger partial charge in [0.05, 0.1) is 12.8 Å². The van der Waals surface area contributed by atoms with Crippen LogP contribution >= 0.6 is 0 Å². The molecule has 0 saturated carbocycles. The van der Waals surface area contributed by atoms with E-state index in [0.717, 1.165) is 17.8 Å². The Labute approximate surface area is 234 Å². The molecule has 0 aliphatic carbocycles. The maximum Gasteiger partial charge on any atom is 0.574 e. The monoisotopic (exact) mass is 571 g/mol. The number of ether oxygens (including phenoxy) is 2. The second kappa shape index (κ2) is 12.4. The number of anilines is 6. The van der Waals surface area contributed by atoms with E-state index in [1.54, 1.807) is 41.3 Å². The highest BCUT2D eigenvalue weighted by atomic mass is 19.4. The predicted molar refractivity (Wildman–Crippen MR) is 148 cm³/mol. The van der Waals surface area contributed by atoms with Gasteiger partial charge in [0.15, 0.2) is 0 Å². The molecular weight excluding hydrogens is 543 g/mol. The van der Waals surface area contributed by atoms with Gasteiger partial charge in [-0.3, -0.25) is 9.59 Å². The van der Waals surface area contributed by atoms with Crippen molar-refractivity contribution >= 4 is 46.3 Å². The minimum Gasteiger partial charge on any atom is -0.494 e. The standard InChI is InChI=1S/C27H28F3N7O4/c1-4-24(39)32-19-7-5-6-18(14-19)31-23-16-25(41-27(28,29)30)35-26(34-23)33-21-9-8-20(15-22(21)40-3)37-12-10-36(11-13-37)17(2)38/h4-9,14-16H,1,10-13H2,2-3H3,(H,32,39)(H2,31,33,34,35). The van der Waals surface area contributed by atoms with E-state index in [9.17, 15) is 22.8 Å². The molecule has 1 aromatic heterocycles. The van der Waals surface area contributed by atoms with E-state index in [2.05, 4.69) is 42.1 Å². The van der Waals surface area contributed by atoms with Crippen LogP contribution in [0.2, 0.25) is 0 Å². The minimum absolute atomic E-state index is 0.00660. The average molecular weight is 572 g/mol. The Kier molecular flexibility index (Phi) is 8.80. The van der Waals surface area contributed by atoms with Gasteiger partial charge in [0.1, 0.15) is 11.6 Å². The van der Waals surface area contributed by atoms with Crippen LogP contribution in [0.1, 0.15) is 6.92 Å². The number of hydrogen-bond acceptors (Lipinski definition) is 9. The van der Waals surface area contributed by atoms with Crippen molar-refractivity contribution in [3.8, 4) is 11.6 Å². The smallest absolute Gasteiger partial charge is 0.494 e. The SMILES string of the molecule is C=CC(=O)Nc1cccc(Nc2cc(OC(F)(F)F)nc(Nc3ccc(N4CCN(C(C)=O)CC4)cc3OC)n2)c1. The highest BCUT2D eigenvalue weighted by Crippen LogP contribution is 2.33. The molecule has 1 saturated heterocycles. The number of carbonyl (C=O) groups is 2. The second-order valence-corrected chi connectivity index (χ2v) is 8.86. The van der Waals surface area contributed by atoms with E-state index in [0.29, 0.717) is 49.0 Å². The molecule has 2 heterocycles. The number of methoxy groups -OCH3 is 1. The molecule has 11 nitrogen and oxygen atoms in total. The number of halogens is 3. The predicted octanol–water partition coefficient (Wildman–Crippen LogP) is 4.66. The normalized spacial score (nSPS) is 13.3. The summed E-state index contributed by atoms with van der Waals surface area (Å²) in [4.78, 5) is 35.3. The Bertz CT molecular complexity index is 1430. The van der Waals surface area contributed by atoms with Crippen LogP contribution in [0.15, 0.2) is 61.2 Å². The van der Waals surface area contributed by atoms with Crippen LogP contribution in [0.3, 0.4) is 0 Å². The number of rotatable bonds is 9. The van der Waals surface area contributed by atoms with Crippen LogP contribution in [0, 0.1) is 0 Å². The molecule has 3 N–H and O–H groups in total. The molecule has 0 unspecified atom stereocenters. The fourth-order valence-corrected chi connectivity index (χ4v) is 4.11. The largest absolute Gasteiger partial charge is 0.574 e. The van der Waals surface area contributed by atoms with Crippen molar-refractivity contribution in [2.24, 2.45) is 0 Å². The third-order valence-corrected chi connectivity index (χ3v) is 6.03. The summed E-state index contributed by atoms with van der Waals surface area (Å²) < 4.78 is 48.8. The summed E-state index contributed by atoms with van der Waals surface area (Å²) in [6.07, 6.45) is -3.87. The first kappa shape index (κ1) is 29.0. The highest BCUT2D eigenvalue weighted by Gasteiger charge is 2.32. The lowest BCUT2D eigenvalue weighted by Crippen LogP contribution is -2.48.